The lowest BCUT2D eigenvalue weighted by Gasteiger charge is -2.30. The Hall–Kier alpha value is -0.120. The maximum atomic E-state index is 5.48. The molecule has 90 valence electrons. The first-order valence-electron chi connectivity index (χ1n) is 6.29. The standard InChI is InChI=1S/C12H26N2O/c1-4-12(10-13-11(2)3)14-6-5-8-15-9-7-14/h11-13H,4-10H2,1-3H3. The van der Waals surface area contributed by atoms with Crippen LogP contribution in [-0.4, -0.2) is 49.8 Å². The second-order valence-corrected chi connectivity index (χ2v) is 4.63. The van der Waals surface area contributed by atoms with Gasteiger partial charge >= 0.3 is 0 Å². The molecule has 1 fully saturated rings. The van der Waals surface area contributed by atoms with Crippen LogP contribution in [0.25, 0.3) is 0 Å². The molecule has 3 heteroatoms. The molecule has 1 aliphatic rings. The molecular weight excluding hydrogens is 188 g/mol. The Morgan fingerprint density at radius 3 is 2.73 bits per heavy atom. The fourth-order valence-corrected chi connectivity index (χ4v) is 2.03. The summed E-state index contributed by atoms with van der Waals surface area (Å²) in [5, 5.41) is 3.53. The first-order valence-corrected chi connectivity index (χ1v) is 6.29. The van der Waals surface area contributed by atoms with Crippen molar-refractivity contribution >= 4 is 0 Å². The Bertz CT molecular complexity index is 154. The average molecular weight is 214 g/mol. The van der Waals surface area contributed by atoms with E-state index in [2.05, 4.69) is 31.0 Å². The monoisotopic (exact) mass is 214 g/mol. The average Bonchev–Trinajstić information content (AvgIpc) is 2.47. The highest BCUT2D eigenvalue weighted by Crippen LogP contribution is 2.07. The van der Waals surface area contributed by atoms with Crippen LogP contribution in [0.3, 0.4) is 0 Å². The van der Waals surface area contributed by atoms with E-state index in [0.29, 0.717) is 12.1 Å². The van der Waals surface area contributed by atoms with Gasteiger partial charge in [0, 0.05) is 38.3 Å². The van der Waals surface area contributed by atoms with E-state index in [9.17, 15) is 0 Å². The summed E-state index contributed by atoms with van der Waals surface area (Å²) in [6, 6.07) is 1.26. The highest BCUT2D eigenvalue weighted by molar-refractivity contribution is 4.75. The summed E-state index contributed by atoms with van der Waals surface area (Å²) in [4.78, 5) is 2.57. The fourth-order valence-electron chi connectivity index (χ4n) is 2.03. The van der Waals surface area contributed by atoms with Gasteiger partial charge in [0.05, 0.1) is 6.61 Å². The summed E-state index contributed by atoms with van der Waals surface area (Å²) in [5.74, 6) is 0. The highest BCUT2D eigenvalue weighted by atomic mass is 16.5. The number of hydrogen-bond donors (Lipinski definition) is 1. The van der Waals surface area contributed by atoms with Crippen LogP contribution in [0, 0.1) is 0 Å². The minimum Gasteiger partial charge on any atom is -0.380 e. The maximum absolute atomic E-state index is 5.48. The molecule has 0 saturated carbocycles. The largest absolute Gasteiger partial charge is 0.380 e. The zero-order valence-corrected chi connectivity index (χ0v) is 10.5. The van der Waals surface area contributed by atoms with E-state index in [-0.39, 0.29) is 0 Å². The van der Waals surface area contributed by atoms with Crippen LogP contribution in [0.4, 0.5) is 0 Å². The first-order chi connectivity index (χ1) is 7.24. The van der Waals surface area contributed by atoms with Crippen molar-refractivity contribution in [2.75, 3.05) is 32.8 Å². The van der Waals surface area contributed by atoms with Crippen molar-refractivity contribution in [1.29, 1.82) is 0 Å². The molecule has 0 aromatic rings. The van der Waals surface area contributed by atoms with Crippen molar-refractivity contribution in [3.05, 3.63) is 0 Å². The number of nitrogens with zero attached hydrogens (tertiary/aromatic N) is 1. The summed E-state index contributed by atoms with van der Waals surface area (Å²) < 4.78 is 5.48. The smallest absolute Gasteiger partial charge is 0.0593 e. The van der Waals surface area contributed by atoms with Gasteiger partial charge < -0.3 is 10.1 Å². The number of rotatable bonds is 5. The van der Waals surface area contributed by atoms with E-state index >= 15 is 0 Å². The molecule has 0 amide bonds. The van der Waals surface area contributed by atoms with Crippen LogP contribution in [0.5, 0.6) is 0 Å². The lowest BCUT2D eigenvalue weighted by molar-refractivity contribution is 0.129. The second kappa shape index (κ2) is 7.20. The Balaban J connectivity index is 2.34. The molecule has 1 unspecified atom stereocenters. The predicted molar refractivity (Wildman–Crippen MR) is 64.2 cm³/mol. The topological polar surface area (TPSA) is 24.5 Å². The number of nitrogens with one attached hydrogen (secondary N) is 1. The molecular formula is C12H26N2O. The lowest BCUT2D eigenvalue weighted by atomic mass is 10.1. The van der Waals surface area contributed by atoms with Crippen molar-refractivity contribution in [2.24, 2.45) is 0 Å². The zero-order chi connectivity index (χ0) is 11.1. The van der Waals surface area contributed by atoms with Gasteiger partial charge in [0.15, 0.2) is 0 Å². The molecule has 1 heterocycles. The van der Waals surface area contributed by atoms with Crippen molar-refractivity contribution in [3.8, 4) is 0 Å². The second-order valence-electron chi connectivity index (χ2n) is 4.63. The molecule has 0 spiro atoms. The van der Waals surface area contributed by atoms with Crippen LogP contribution in [0.1, 0.15) is 33.6 Å². The summed E-state index contributed by atoms with van der Waals surface area (Å²) in [6.45, 7) is 11.9. The van der Waals surface area contributed by atoms with E-state index in [1.807, 2.05) is 0 Å². The molecule has 1 rings (SSSR count). The summed E-state index contributed by atoms with van der Waals surface area (Å²) in [6.07, 6.45) is 2.40. The van der Waals surface area contributed by atoms with Crippen molar-refractivity contribution in [2.45, 2.75) is 45.7 Å². The normalized spacial score (nSPS) is 21.6. The first kappa shape index (κ1) is 12.9. The molecule has 0 bridgehead atoms. The quantitative estimate of drug-likeness (QED) is 0.750. The predicted octanol–water partition coefficient (Wildman–Crippen LogP) is 1.49. The highest BCUT2D eigenvalue weighted by Gasteiger charge is 2.18. The fraction of sp³-hybridized carbons (Fsp3) is 1.00. The lowest BCUT2D eigenvalue weighted by Crippen LogP contribution is -2.44. The maximum Gasteiger partial charge on any atom is 0.0593 e. The zero-order valence-electron chi connectivity index (χ0n) is 10.5. The summed E-state index contributed by atoms with van der Waals surface area (Å²) in [5.41, 5.74) is 0. The molecule has 15 heavy (non-hydrogen) atoms. The Kier molecular flexibility index (Phi) is 6.22. The van der Waals surface area contributed by atoms with Gasteiger partial charge in [0.25, 0.3) is 0 Å². The van der Waals surface area contributed by atoms with Gasteiger partial charge in [0.2, 0.25) is 0 Å². The molecule has 0 aromatic carbocycles. The number of ether oxygens (including phenoxy) is 1. The molecule has 0 aromatic heterocycles. The van der Waals surface area contributed by atoms with Crippen LogP contribution in [0.2, 0.25) is 0 Å². The van der Waals surface area contributed by atoms with Crippen LogP contribution < -0.4 is 5.32 Å². The van der Waals surface area contributed by atoms with Gasteiger partial charge in [0.1, 0.15) is 0 Å². The Morgan fingerprint density at radius 1 is 1.27 bits per heavy atom. The minimum atomic E-state index is 0.585. The van der Waals surface area contributed by atoms with Crippen molar-refractivity contribution in [3.63, 3.8) is 0 Å². The Morgan fingerprint density at radius 2 is 2.07 bits per heavy atom. The molecule has 1 saturated heterocycles. The van der Waals surface area contributed by atoms with Crippen molar-refractivity contribution in [1.82, 2.24) is 10.2 Å². The molecule has 1 atom stereocenters. The van der Waals surface area contributed by atoms with Gasteiger partial charge in [-0.1, -0.05) is 20.8 Å². The third kappa shape index (κ3) is 4.96. The van der Waals surface area contributed by atoms with Gasteiger partial charge in [-0.15, -0.1) is 0 Å². The van der Waals surface area contributed by atoms with Crippen LogP contribution >= 0.6 is 0 Å². The molecule has 0 radical (unpaired) electrons. The van der Waals surface area contributed by atoms with E-state index in [0.717, 1.165) is 26.3 Å². The van der Waals surface area contributed by atoms with E-state index in [4.69, 9.17) is 4.74 Å². The SMILES string of the molecule is CCC(CNC(C)C)N1CCCOCC1. The minimum absolute atomic E-state index is 0.585. The molecule has 0 aliphatic carbocycles. The summed E-state index contributed by atoms with van der Waals surface area (Å²) >= 11 is 0. The Labute approximate surface area is 94.2 Å². The van der Waals surface area contributed by atoms with Gasteiger partial charge in [-0.25, -0.2) is 0 Å². The molecule has 3 nitrogen and oxygen atoms in total. The van der Waals surface area contributed by atoms with Crippen LogP contribution in [0.15, 0.2) is 0 Å². The van der Waals surface area contributed by atoms with Gasteiger partial charge in [-0.2, -0.15) is 0 Å². The third-order valence-electron chi connectivity index (χ3n) is 3.01. The van der Waals surface area contributed by atoms with Crippen molar-refractivity contribution < 1.29 is 4.74 Å². The van der Waals surface area contributed by atoms with E-state index < -0.39 is 0 Å². The summed E-state index contributed by atoms with van der Waals surface area (Å²) in [7, 11) is 0. The third-order valence-corrected chi connectivity index (χ3v) is 3.01. The van der Waals surface area contributed by atoms with Gasteiger partial charge in [-0.05, 0) is 12.8 Å². The van der Waals surface area contributed by atoms with Crippen LogP contribution in [-0.2, 0) is 4.74 Å². The van der Waals surface area contributed by atoms with Gasteiger partial charge in [-0.3, -0.25) is 4.90 Å². The molecule has 1 aliphatic heterocycles. The van der Waals surface area contributed by atoms with E-state index in [1.165, 1.54) is 19.4 Å². The van der Waals surface area contributed by atoms with E-state index in [1.54, 1.807) is 0 Å². The number of hydrogen-bond acceptors (Lipinski definition) is 3. The molecule has 1 N–H and O–H groups in total.